The van der Waals surface area contributed by atoms with Crippen molar-refractivity contribution in [2.45, 2.75) is 39.0 Å². The first kappa shape index (κ1) is 6.85. The summed E-state index contributed by atoms with van der Waals surface area (Å²) in [6.45, 7) is 2.31. The second kappa shape index (κ2) is 3.71. The normalized spacial score (nSPS) is 29.2. The van der Waals surface area contributed by atoms with E-state index in [1.807, 2.05) is 0 Å². The third-order valence-electron chi connectivity index (χ3n) is 1.99. The van der Waals surface area contributed by atoms with Crippen LogP contribution in [0.5, 0.6) is 0 Å². The van der Waals surface area contributed by atoms with Crippen molar-refractivity contribution in [1.29, 1.82) is 0 Å². The summed E-state index contributed by atoms with van der Waals surface area (Å²) in [4.78, 5) is 0. The van der Waals surface area contributed by atoms with Gasteiger partial charge in [-0.05, 0) is 25.2 Å². The summed E-state index contributed by atoms with van der Waals surface area (Å²) in [5, 5.41) is 0. The minimum Gasteiger partial charge on any atom is -0.0883 e. The Morgan fingerprint density at radius 3 is 3.00 bits per heavy atom. The highest BCUT2D eigenvalue weighted by atomic mass is 14.0. The van der Waals surface area contributed by atoms with E-state index in [0.717, 1.165) is 5.92 Å². The van der Waals surface area contributed by atoms with E-state index >= 15 is 0 Å². The molecule has 0 heteroatoms. The quantitative estimate of drug-likeness (QED) is 0.435. The lowest BCUT2D eigenvalue weighted by atomic mass is 9.98. The summed E-state index contributed by atoms with van der Waals surface area (Å²) in [5.74, 6) is 0.838. The lowest BCUT2D eigenvalue weighted by molar-refractivity contribution is 0.552. The van der Waals surface area contributed by atoms with E-state index < -0.39 is 0 Å². The molecule has 0 fully saturated rings. The predicted octanol–water partition coefficient (Wildman–Crippen LogP) is 3.14. The van der Waals surface area contributed by atoms with Crippen LogP contribution in [0.15, 0.2) is 12.2 Å². The molecule has 0 amide bonds. The molecule has 0 aliphatic heterocycles. The van der Waals surface area contributed by atoms with Crippen LogP contribution in [0, 0.1) is 5.92 Å². The summed E-state index contributed by atoms with van der Waals surface area (Å²) >= 11 is 0. The second-order valence-electron chi connectivity index (χ2n) is 3.04. The van der Waals surface area contributed by atoms with Gasteiger partial charge >= 0.3 is 0 Å². The van der Waals surface area contributed by atoms with Gasteiger partial charge in [0.1, 0.15) is 0 Å². The highest BCUT2D eigenvalue weighted by molar-refractivity contribution is 4.87. The SMILES string of the molecule is C[C@@H]1C=CCCCCC1. The molecule has 1 aliphatic rings. The van der Waals surface area contributed by atoms with Crippen molar-refractivity contribution >= 4 is 0 Å². The Bertz CT molecular complexity index is 92.2. The molecule has 0 spiro atoms. The van der Waals surface area contributed by atoms with Crippen molar-refractivity contribution in [2.75, 3.05) is 0 Å². The van der Waals surface area contributed by atoms with Crippen molar-refractivity contribution in [3.63, 3.8) is 0 Å². The topological polar surface area (TPSA) is 0 Å². The monoisotopic (exact) mass is 124 g/mol. The third-order valence-corrected chi connectivity index (χ3v) is 1.99. The first-order valence-electron chi connectivity index (χ1n) is 4.06. The van der Waals surface area contributed by atoms with Crippen molar-refractivity contribution in [3.8, 4) is 0 Å². The van der Waals surface area contributed by atoms with Crippen LogP contribution in [0.4, 0.5) is 0 Å². The van der Waals surface area contributed by atoms with Gasteiger partial charge in [-0.25, -0.2) is 0 Å². The zero-order valence-corrected chi connectivity index (χ0v) is 6.27. The summed E-state index contributed by atoms with van der Waals surface area (Å²) in [6, 6.07) is 0. The van der Waals surface area contributed by atoms with Crippen LogP contribution in [0.25, 0.3) is 0 Å². The van der Waals surface area contributed by atoms with Crippen molar-refractivity contribution in [3.05, 3.63) is 12.2 Å². The third kappa shape index (κ3) is 2.69. The molecule has 0 bridgehead atoms. The van der Waals surface area contributed by atoms with Crippen molar-refractivity contribution < 1.29 is 0 Å². The number of hydrogen-bond acceptors (Lipinski definition) is 0. The highest BCUT2D eigenvalue weighted by Gasteiger charge is 1.98. The Kier molecular flexibility index (Phi) is 2.82. The molecule has 0 nitrogen and oxygen atoms in total. The van der Waals surface area contributed by atoms with Crippen LogP contribution in [0.1, 0.15) is 39.0 Å². The van der Waals surface area contributed by atoms with E-state index in [4.69, 9.17) is 0 Å². The zero-order chi connectivity index (χ0) is 6.53. The first-order chi connectivity index (χ1) is 4.39. The van der Waals surface area contributed by atoms with Crippen LogP contribution in [-0.4, -0.2) is 0 Å². The molecule has 0 aromatic carbocycles. The molecule has 1 aliphatic carbocycles. The second-order valence-corrected chi connectivity index (χ2v) is 3.04. The lowest BCUT2D eigenvalue weighted by Crippen LogP contribution is -1.92. The minimum atomic E-state index is 0.838. The van der Waals surface area contributed by atoms with Gasteiger partial charge in [0.25, 0.3) is 0 Å². The van der Waals surface area contributed by atoms with Crippen molar-refractivity contribution in [2.24, 2.45) is 5.92 Å². The first-order valence-corrected chi connectivity index (χ1v) is 4.06. The van der Waals surface area contributed by atoms with Gasteiger partial charge in [-0.1, -0.05) is 31.9 Å². The van der Waals surface area contributed by atoms with Gasteiger partial charge in [0.05, 0.1) is 0 Å². The lowest BCUT2D eigenvalue weighted by Gasteiger charge is -2.08. The molecule has 1 atom stereocenters. The summed E-state index contributed by atoms with van der Waals surface area (Å²) in [6.07, 6.45) is 11.7. The fourth-order valence-corrected chi connectivity index (χ4v) is 1.33. The van der Waals surface area contributed by atoms with E-state index in [0.29, 0.717) is 0 Å². The van der Waals surface area contributed by atoms with Crippen LogP contribution >= 0.6 is 0 Å². The van der Waals surface area contributed by atoms with Gasteiger partial charge in [0.15, 0.2) is 0 Å². The minimum absolute atomic E-state index is 0.838. The molecule has 1 rings (SSSR count). The maximum absolute atomic E-state index is 2.36. The number of rotatable bonds is 0. The van der Waals surface area contributed by atoms with Crippen LogP contribution in [-0.2, 0) is 0 Å². The number of hydrogen-bond donors (Lipinski definition) is 0. The molecule has 0 aromatic rings. The summed E-state index contributed by atoms with van der Waals surface area (Å²) < 4.78 is 0. The molecule has 9 heavy (non-hydrogen) atoms. The summed E-state index contributed by atoms with van der Waals surface area (Å²) in [7, 11) is 0. The highest BCUT2D eigenvalue weighted by Crippen LogP contribution is 2.15. The Labute approximate surface area is 58.0 Å². The van der Waals surface area contributed by atoms with Gasteiger partial charge in [-0.2, -0.15) is 0 Å². The maximum atomic E-state index is 2.36. The molecular weight excluding hydrogens is 108 g/mol. The fraction of sp³-hybridized carbons (Fsp3) is 0.778. The van der Waals surface area contributed by atoms with E-state index in [2.05, 4.69) is 19.1 Å². The number of allylic oxidation sites excluding steroid dienone is 2. The van der Waals surface area contributed by atoms with Crippen LogP contribution in [0.3, 0.4) is 0 Å². The molecule has 0 radical (unpaired) electrons. The molecule has 0 N–H and O–H groups in total. The Morgan fingerprint density at radius 1 is 1.22 bits per heavy atom. The molecule has 0 saturated carbocycles. The van der Waals surface area contributed by atoms with E-state index in [9.17, 15) is 0 Å². The Hall–Kier alpha value is -0.260. The van der Waals surface area contributed by atoms with Crippen molar-refractivity contribution in [1.82, 2.24) is 0 Å². The molecule has 0 heterocycles. The van der Waals surface area contributed by atoms with Crippen LogP contribution < -0.4 is 0 Å². The Balaban J connectivity index is 2.30. The fourth-order valence-electron chi connectivity index (χ4n) is 1.33. The van der Waals surface area contributed by atoms with Gasteiger partial charge in [0.2, 0.25) is 0 Å². The van der Waals surface area contributed by atoms with E-state index in [1.165, 1.54) is 32.1 Å². The average molecular weight is 124 g/mol. The van der Waals surface area contributed by atoms with E-state index in [-0.39, 0.29) is 0 Å². The van der Waals surface area contributed by atoms with Crippen LogP contribution in [0.2, 0.25) is 0 Å². The standard InChI is InChI=1S/C9H16/c1-9-7-5-3-2-4-6-8-9/h5,7,9H,2-4,6,8H2,1H3/t9-/m1/s1. The van der Waals surface area contributed by atoms with Gasteiger partial charge in [-0.3, -0.25) is 0 Å². The molecule has 0 aromatic heterocycles. The Morgan fingerprint density at radius 2 is 2.11 bits per heavy atom. The van der Waals surface area contributed by atoms with Gasteiger partial charge in [0, 0.05) is 0 Å². The molecule has 0 saturated heterocycles. The zero-order valence-electron chi connectivity index (χ0n) is 6.27. The molecule has 0 unspecified atom stereocenters. The predicted molar refractivity (Wildman–Crippen MR) is 41.4 cm³/mol. The van der Waals surface area contributed by atoms with Gasteiger partial charge < -0.3 is 0 Å². The molecule has 52 valence electrons. The molecular formula is C9H16. The largest absolute Gasteiger partial charge is 0.0883 e. The summed E-state index contributed by atoms with van der Waals surface area (Å²) in [5.41, 5.74) is 0. The van der Waals surface area contributed by atoms with E-state index in [1.54, 1.807) is 0 Å². The maximum Gasteiger partial charge on any atom is -0.0262 e. The van der Waals surface area contributed by atoms with Gasteiger partial charge in [-0.15, -0.1) is 0 Å². The smallest absolute Gasteiger partial charge is 0.0262 e. The average Bonchev–Trinajstić information content (AvgIpc) is 1.79.